The fraction of sp³-hybridized carbons (Fsp3) is 0.200. The van der Waals surface area contributed by atoms with Gasteiger partial charge in [0.05, 0.1) is 13.2 Å². The number of fused-ring (bicyclic) bond motifs is 7. The van der Waals surface area contributed by atoms with Gasteiger partial charge in [0.15, 0.2) is 0 Å². The highest BCUT2D eigenvalue weighted by Gasteiger charge is 2.49. The standard InChI is InChI=1S/C20H16N2O3/c1-25-20(24)16-10-14-11-6-4-5-9-15(11)21-17(14)18-12-7-2-3-8-13(12)19(23)22(16)18/h2-9,16,18,21H,10H2,1H3/t16-,18-/m0/s1. The second-order valence-electron chi connectivity index (χ2n) is 6.51. The molecule has 3 heterocycles. The zero-order valence-corrected chi connectivity index (χ0v) is 13.7. The number of benzene rings is 2. The number of carbonyl (C=O) groups is 2. The highest BCUT2D eigenvalue weighted by Crippen LogP contribution is 2.46. The predicted molar refractivity (Wildman–Crippen MR) is 92.3 cm³/mol. The summed E-state index contributed by atoms with van der Waals surface area (Å²) in [6.45, 7) is 0. The van der Waals surface area contributed by atoms with Gasteiger partial charge in [0.1, 0.15) is 6.04 Å². The van der Waals surface area contributed by atoms with Crippen molar-refractivity contribution in [1.82, 2.24) is 9.88 Å². The maximum absolute atomic E-state index is 13.0. The third kappa shape index (κ3) is 1.78. The number of aromatic amines is 1. The predicted octanol–water partition coefficient (Wildman–Crippen LogP) is 2.81. The van der Waals surface area contributed by atoms with Crippen LogP contribution in [0.15, 0.2) is 48.5 Å². The average Bonchev–Trinajstić information content (AvgIpc) is 3.17. The van der Waals surface area contributed by atoms with Crippen LogP contribution in [0.4, 0.5) is 0 Å². The Labute approximate surface area is 144 Å². The summed E-state index contributed by atoms with van der Waals surface area (Å²) in [6.07, 6.45) is 0.461. The summed E-state index contributed by atoms with van der Waals surface area (Å²) in [5.74, 6) is -0.484. The first-order chi connectivity index (χ1) is 12.2. The lowest BCUT2D eigenvalue weighted by atomic mass is 9.90. The van der Waals surface area contributed by atoms with Crippen LogP contribution in [0.3, 0.4) is 0 Å². The van der Waals surface area contributed by atoms with E-state index in [4.69, 9.17) is 4.74 Å². The molecule has 2 aliphatic rings. The highest BCUT2D eigenvalue weighted by atomic mass is 16.5. The molecule has 1 aromatic heterocycles. The van der Waals surface area contributed by atoms with Gasteiger partial charge in [-0.05, 0) is 23.3 Å². The van der Waals surface area contributed by atoms with Gasteiger partial charge in [-0.15, -0.1) is 0 Å². The Hall–Kier alpha value is -3.08. The third-order valence-electron chi connectivity index (χ3n) is 5.33. The SMILES string of the molecule is COC(=O)[C@@H]1Cc2c([nH]c3ccccc23)[C@@H]2c3ccccc3C(=O)N21. The third-order valence-corrected chi connectivity index (χ3v) is 5.33. The van der Waals surface area contributed by atoms with Crippen molar-refractivity contribution in [3.63, 3.8) is 0 Å². The van der Waals surface area contributed by atoms with Crippen LogP contribution in [0.5, 0.6) is 0 Å². The van der Waals surface area contributed by atoms with E-state index in [9.17, 15) is 9.59 Å². The van der Waals surface area contributed by atoms with E-state index >= 15 is 0 Å². The van der Waals surface area contributed by atoms with Crippen molar-refractivity contribution in [3.05, 3.63) is 70.9 Å². The molecule has 0 fully saturated rings. The molecule has 2 aliphatic heterocycles. The van der Waals surface area contributed by atoms with E-state index in [-0.39, 0.29) is 17.9 Å². The van der Waals surface area contributed by atoms with Crippen LogP contribution in [-0.2, 0) is 16.0 Å². The van der Waals surface area contributed by atoms with Crippen molar-refractivity contribution in [2.75, 3.05) is 7.11 Å². The van der Waals surface area contributed by atoms with Crippen molar-refractivity contribution in [2.45, 2.75) is 18.5 Å². The summed E-state index contributed by atoms with van der Waals surface area (Å²) >= 11 is 0. The maximum Gasteiger partial charge on any atom is 0.328 e. The molecule has 5 rings (SSSR count). The Morgan fingerprint density at radius 3 is 2.76 bits per heavy atom. The zero-order valence-electron chi connectivity index (χ0n) is 13.7. The molecule has 0 unspecified atom stereocenters. The van der Waals surface area contributed by atoms with Crippen molar-refractivity contribution < 1.29 is 14.3 Å². The number of carbonyl (C=O) groups excluding carboxylic acids is 2. The molecule has 25 heavy (non-hydrogen) atoms. The van der Waals surface area contributed by atoms with Crippen molar-refractivity contribution >= 4 is 22.8 Å². The van der Waals surface area contributed by atoms with E-state index < -0.39 is 6.04 Å². The van der Waals surface area contributed by atoms with Gasteiger partial charge in [0.2, 0.25) is 0 Å². The first kappa shape index (κ1) is 14.3. The van der Waals surface area contributed by atoms with Gasteiger partial charge in [0, 0.05) is 28.6 Å². The molecule has 0 saturated heterocycles. The second kappa shape index (κ2) is 4.96. The van der Waals surface area contributed by atoms with E-state index in [1.807, 2.05) is 42.5 Å². The van der Waals surface area contributed by atoms with E-state index in [0.717, 1.165) is 27.7 Å². The minimum Gasteiger partial charge on any atom is -0.467 e. The number of nitrogens with zero attached hydrogens (tertiary/aromatic N) is 1. The molecule has 0 aliphatic carbocycles. The monoisotopic (exact) mass is 332 g/mol. The number of ether oxygens (including phenoxy) is 1. The minimum absolute atomic E-state index is 0.111. The van der Waals surface area contributed by atoms with Gasteiger partial charge in [-0.25, -0.2) is 4.79 Å². The van der Waals surface area contributed by atoms with E-state index in [2.05, 4.69) is 11.1 Å². The minimum atomic E-state index is -0.610. The zero-order chi connectivity index (χ0) is 17.1. The fourth-order valence-electron chi connectivity index (χ4n) is 4.25. The lowest BCUT2D eigenvalue weighted by Crippen LogP contribution is -2.48. The van der Waals surface area contributed by atoms with Crippen molar-refractivity contribution in [2.24, 2.45) is 0 Å². The van der Waals surface area contributed by atoms with Crippen LogP contribution in [0, 0.1) is 0 Å². The Bertz CT molecular complexity index is 1040. The summed E-state index contributed by atoms with van der Waals surface area (Å²) in [7, 11) is 1.37. The Morgan fingerprint density at radius 2 is 1.92 bits per heavy atom. The van der Waals surface area contributed by atoms with Gasteiger partial charge in [0.25, 0.3) is 5.91 Å². The Kier molecular flexibility index (Phi) is 2.83. The molecule has 5 heteroatoms. The van der Waals surface area contributed by atoms with Crippen LogP contribution >= 0.6 is 0 Å². The topological polar surface area (TPSA) is 62.4 Å². The van der Waals surface area contributed by atoms with Gasteiger partial charge >= 0.3 is 5.97 Å². The first-order valence-electron chi connectivity index (χ1n) is 8.29. The summed E-state index contributed by atoms with van der Waals surface area (Å²) in [5.41, 5.74) is 4.72. The number of para-hydroxylation sites is 1. The smallest absolute Gasteiger partial charge is 0.328 e. The van der Waals surface area contributed by atoms with Crippen LogP contribution in [0.2, 0.25) is 0 Å². The van der Waals surface area contributed by atoms with Crippen molar-refractivity contribution in [1.29, 1.82) is 0 Å². The fourth-order valence-corrected chi connectivity index (χ4v) is 4.25. The molecule has 124 valence electrons. The van der Waals surface area contributed by atoms with Gasteiger partial charge in [-0.2, -0.15) is 0 Å². The van der Waals surface area contributed by atoms with E-state index in [1.54, 1.807) is 4.90 Å². The molecule has 3 aromatic rings. The number of hydrogen-bond donors (Lipinski definition) is 1. The number of hydrogen-bond acceptors (Lipinski definition) is 3. The molecule has 0 spiro atoms. The summed E-state index contributed by atoms with van der Waals surface area (Å²) in [4.78, 5) is 30.6. The molecule has 5 nitrogen and oxygen atoms in total. The van der Waals surface area contributed by atoms with E-state index in [1.165, 1.54) is 7.11 Å². The maximum atomic E-state index is 13.0. The Balaban J connectivity index is 1.80. The number of amides is 1. The number of rotatable bonds is 1. The number of methoxy groups -OCH3 is 1. The van der Waals surface area contributed by atoms with Crippen LogP contribution in [0.1, 0.15) is 33.2 Å². The average molecular weight is 332 g/mol. The summed E-state index contributed by atoms with van der Waals surface area (Å²) < 4.78 is 5.01. The van der Waals surface area contributed by atoms with Crippen LogP contribution in [0.25, 0.3) is 10.9 Å². The molecule has 0 saturated carbocycles. The largest absolute Gasteiger partial charge is 0.467 e. The highest BCUT2D eigenvalue weighted by molar-refractivity contribution is 6.03. The lowest BCUT2D eigenvalue weighted by Gasteiger charge is -2.36. The first-order valence-corrected chi connectivity index (χ1v) is 8.29. The van der Waals surface area contributed by atoms with Gasteiger partial charge < -0.3 is 14.6 Å². The molecule has 0 radical (unpaired) electrons. The summed E-state index contributed by atoms with van der Waals surface area (Å²) in [6, 6.07) is 14.7. The molecule has 1 amide bonds. The molecule has 0 bridgehead atoms. The Morgan fingerprint density at radius 1 is 1.16 bits per heavy atom. The molecule has 2 atom stereocenters. The van der Waals surface area contributed by atoms with Crippen molar-refractivity contribution in [3.8, 4) is 0 Å². The van der Waals surface area contributed by atoms with Crippen LogP contribution in [-0.4, -0.2) is 34.9 Å². The number of H-pyrrole nitrogens is 1. The van der Waals surface area contributed by atoms with E-state index in [0.29, 0.717) is 12.0 Å². The molecule has 1 N–H and O–H groups in total. The van der Waals surface area contributed by atoms with Gasteiger partial charge in [-0.1, -0.05) is 36.4 Å². The van der Waals surface area contributed by atoms with Crippen LogP contribution < -0.4 is 0 Å². The van der Waals surface area contributed by atoms with Gasteiger partial charge in [-0.3, -0.25) is 4.79 Å². The molecular weight excluding hydrogens is 316 g/mol. The lowest BCUT2D eigenvalue weighted by molar-refractivity contribution is -0.146. The molecular formula is C20H16N2O3. The normalized spacial score (nSPS) is 21.0. The second-order valence-corrected chi connectivity index (χ2v) is 6.51. The number of esters is 1. The number of aromatic nitrogens is 1. The molecule has 2 aromatic carbocycles. The number of nitrogens with one attached hydrogen (secondary N) is 1. The quantitative estimate of drug-likeness (QED) is 0.697. The summed E-state index contributed by atoms with van der Waals surface area (Å²) in [5, 5.41) is 1.10.